The van der Waals surface area contributed by atoms with Crippen molar-refractivity contribution in [1.29, 1.82) is 0 Å². The maximum absolute atomic E-state index is 11.3. The van der Waals surface area contributed by atoms with E-state index in [4.69, 9.17) is 12.2 Å². The van der Waals surface area contributed by atoms with Crippen LogP contribution < -0.4 is 10.6 Å². The number of rotatable bonds is 2. The Morgan fingerprint density at radius 1 is 1.21 bits per heavy atom. The number of aromatic hydroxyl groups is 1. The van der Waals surface area contributed by atoms with Crippen LogP contribution in [0.1, 0.15) is 13.3 Å². The summed E-state index contributed by atoms with van der Waals surface area (Å²) in [5, 5.41) is 17.2. The van der Waals surface area contributed by atoms with Gasteiger partial charge in [0.1, 0.15) is 5.75 Å². The molecule has 0 saturated heterocycles. The van der Waals surface area contributed by atoms with E-state index in [1.54, 1.807) is 19.1 Å². The monoisotopic (exact) mass is 274 g/mol. The van der Waals surface area contributed by atoms with Crippen molar-refractivity contribution in [2.24, 2.45) is 0 Å². The molecule has 0 bridgehead atoms. The fraction of sp³-hybridized carbons (Fsp3) is 0.143. The highest BCUT2D eigenvalue weighted by Gasteiger charge is 2.06. The normalized spacial score (nSPS) is 10.2. The minimum atomic E-state index is -0.138. The SMILES string of the molecule is CCC(=O)NC(=S)Nc1cccc2c(O)cccc12. The number of thiocarbonyl (C=S) groups is 1. The second-order valence-corrected chi connectivity index (χ2v) is 4.44. The topological polar surface area (TPSA) is 61.4 Å². The highest BCUT2D eigenvalue weighted by Crippen LogP contribution is 2.29. The van der Waals surface area contributed by atoms with Gasteiger partial charge in [0.15, 0.2) is 5.11 Å². The van der Waals surface area contributed by atoms with Gasteiger partial charge in [0, 0.05) is 22.9 Å². The van der Waals surface area contributed by atoms with Crippen molar-refractivity contribution >= 4 is 39.7 Å². The Morgan fingerprint density at radius 3 is 2.63 bits per heavy atom. The van der Waals surface area contributed by atoms with Gasteiger partial charge in [0.2, 0.25) is 5.91 Å². The van der Waals surface area contributed by atoms with Gasteiger partial charge in [-0.3, -0.25) is 4.79 Å². The predicted molar refractivity (Wildman–Crippen MR) is 80.3 cm³/mol. The molecule has 5 heteroatoms. The number of hydrogen-bond acceptors (Lipinski definition) is 3. The third-order valence-electron chi connectivity index (χ3n) is 2.72. The van der Waals surface area contributed by atoms with Gasteiger partial charge in [-0.25, -0.2) is 0 Å². The lowest BCUT2D eigenvalue weighted by atomic mass is 10.1. The van der Waals surface area contributed by atoms with E-state index in [2.05, 4.69) is 10.6 Å². The van der Waals surface area contributed by atoms with Gasteiger partial charge in [0.05, 0.1) is 0 Å². The molecular weight excluding hydrogens is 260 g/mol. The van der Waals surface area contributed by atoms with Gasteiger partial charge in [-0.15, -0.1) is 0 Å². The molecule has 0 fully saturated rings. The zero-order chi connectivity index (χ0) is 13.8. The molecule has 98 valence electrons. The number of phenols is 1. The van der Waals surface area contributed by atoms with Gasteiger partial charge in [0.25, 0.3) is 0 Å². The van der Waals surface area contributed by atoms with Crippen molar-refractivity contribution in [2.45, 2.75) is 13.3 Å². The fourth-order valence-corrected chi connectivity index (χ4v) is 1.99. The van der Waals surface area contributed by atoms with Crippen LogP contribution in [-0.2, 0) is 4.79 Å². The predicted octanol–water partition coefficient (Wildman–Crippen LogP) is 2.77. The van der Waals surface area contributed by atoms with Gasteiger partial charge in [-0.2, -0.15) is 0 Å². The third-order valence-corrected chi connectivity index (χ3v) is 2.93. The summed E-state index contributed by atoms with van der Waals surface area (Å²) in [6.07, 6.45) is 0.373. The quantitative estimate of drug-likeness (QED) is 0.737. The van der Waals surface area contributed by atoms with E-state index in [-0.39, 0.29) is 16.8 Å². The highest BCUT2D eigenvalue weighted by atomic mass is 32.1. The summed E-state index contributed by atoms with van der Waals surface area (Å²) in [7, 11) is 0. The van der Waals surface area contributed by atoms with Gasteiger partial charge >= 0.3 is 0 Å². The molecule has 0 aliphatic heterocycles. The number of phenolic OH excluding ortho intramolecular Hbond substituents is 1. The number of anilines is 1. The molecule has 19 heavy (non-hydrogen) atoms. The Morgan fingerprint density at radius 2 is 1.89 bits per heavy atom. The number of carbonyl (C=O) groups is 1. The third kappa shape index (κ3) is 3.00. The molecule has 2 aromatic carbocycles. The second-order valence-electron chi connectivity index (χ2n) is 4.03. The van der Waals surface area contributed by atoms with Crippen molar-refractivity contribution in [3.05, 3.63) is 36.4 Å². The average Bonchev–Trinajstić information content (AvgIpc) is 2.39. The molecule has 0 aliphatic carbocycles. The Hall–Kier alpha value is -2.14. The first-order valence-corrected chi connectivity index (χ1v) is 6.34. The maximum Gasteiger partial charge on any atom is 0.225 e. The molecule has 0 saturated carbocycles. The standard InChI is InChI=1S/C14H14N2O2S/c1-2-13(18)16-14(19)15-11-7-3-6-10-9(11)5-4-8-12(10)17/h3-8,17H,2H2,1H3,(H2,15,16,18,19). The summed E-state index contributed by atoms with van der Waals surface area (Å²) in [6, 6.07) is 10.7. The van der Waals surface area contributed by atoms with Crippen LogP contribution in [0.2, 0.25) is 0 Å². The van der Waals surface area contributed by atoms with E-state index < -0.39 is 0 Å². The minimum Gasteiger partial charge on any atom is -0.507 e. The van der Waals surface area contributed by atoms with Crippen molar-refractivity contribution in [3.63, 3.8) is 0 Å². The van der Waals surface area contributed by atoms with Gasteiger partial charge in [-0.1, -0.05) is 31.2 Å². The summed E-state index contributed by atoms with van der Waals surface area (Å²) in [5.74, 6) is 0.0743. The molecule has 0 aliphatic rings. The summed E-state index contributed by atoms with van der Waals surface area (Å²) in [4.78, 5) is 11.3. The summed E-state index contributed by atoms with van der Waals surface area (Å²) < 4.78 is 0. The molecule has 3 N–H and O–H groups in total. The van der Waals surface area contributed by atoms with E-state index in [1.165, 1.54) is 0 Å². The van der Waals surface area contributed by atoms with E-state index in [9.17, 15) is 9.90 Å². The lowest BCUT2D eigenvalue weighted by Crippen LogP contribution is -2.33. The Balaban J connectivity index is 2.28. The summed E-state index contributed by atoms with van der Waals surface area (Å²) in [5.41, 5.74) is 0.745. The molecule has 2 aromatic rings. The van der Waals surface area contributed by atoms with E-state index >= 15 is 0 Å². The molecule has 4 nitrogen and oxygen atoms in total. The van der Waals surface area contributed by atoms with Gasteiger partial charge in [-0.05, 0) is 24.4 Å². The minimum absolute atomic E-state index is 0.138. The first-order valence-electron chi connectivity index (χ1n) is 5.93. The highest BCUT2D eigenvalue weighted by molar-refractivity contribution is 7.80. The molecule has 0 unspecified atom stereocenters. The van der Waals surface area contributed by atoms with Crippen LogP contribution in [0.25, 0.3) is 10.8 Å². The Labute approximate surface area is 116 Å². The van der Waals surface area contributed by atoms with Crippen molar-refractivity contribution < 1.29 is 9.90 Å². The largest absolute Gasteiger partial charge is 0.507 e. The summed E-state index contributed by atoms with van der Waals surface area (Å²) in [6.45, 7) is 1.76. The number of hydrogen-bond donors (Lipinski definition) is 3. The zero-order valence-electron chi connectivity index (χ0n) is 10.4. The van der Waals surface area contributed by atoms with Crippen molar-refractivity contribution in [1.82, 2.24) is 5.32 Å². The van der Waals surface area contributed by atoms with Crippen molar-refractivity contribution in [2.75, 3.05) is 5.32 Å². The molecule has 0 spiro atoms. The number of benzene rings is 2. The van der Waals surface area contributed by atoms with Crippen LogP contribution in [0.3, 0.4) is 0 Å². The van der Waals surface area contributed by atoms with Crippen LogP contribution in [-0.4, -0.2) is 16.1 Å². The molecule has 0 radical (unpaired) electrons. The number of nitrogens with one attached hydrogen (secondary N) is 2. The first-order chi connectivity index (χ1) is 9.11. The van der Waals surface area contributed by atoms with E-state index in [1.807, 2.05) is 24.3 Å². The lowest BCUT2D eigenvalue weighted by Gasteiger charge is -2.11. The number of amides is 1. The van der Waals surface area contributed by atoms with Crippen LogP contribution in [0.4, 0.5) is 5.69 Å². The molecule has 1 amide bonds. The maximum atomic E-state index is 11.3. The second kappa shape index (κ2) is 5.67. The van der Waals surface area contributed by atoms with E-state index in [0.717, 1.165) is 16.5 Å². The number of carbonyl (C=O) groups excluding carboxylic acids is 1. The smallest absolute Gasteiger partial charge is 0.225 e. The first kappa shape index (κ1) is 13.3. The van der Waals surface area contributed by atoms with Crippen LogP contribution in [0.5, 0.6) is 5.75 Å². The fourth-order valence-electron chi connectivity index (χ4n) is 1.77. The van der Waals surface area contributed by atoms with Crippen LogP contribution in [0.15, 0.2) is 36.4 Å². The van der Waals surface area contributed by atoms with E-state index in [0.29, 0.717) is 6.42 Å². The van der Waals surface area contributed by atoms with Gasteiger partial charge < -0.3 is 15.7 Å². The van der Waals surface area contributed by atoms with Crippen molar-refractivity contribution in [3.8, 4) is 5.75 Å². The lowest BCUT2D eigenvalue weighted by molar-refractivity contribution is -0.119. The molecule has 0 heterocycles. The summed E-state index contributed by atoms with van der Waals surface area (Å²) >= 11 is 5.07. The van der Waals surface area contributed by atoms with Crippen LogP contribution in [0, 0.1) is 0 Å². The Kier molecular flexibility index (Phi) is 3.97. The molecule has 0 atom stereocenters. The molecule has 0 aromatic heterocycles. The van der Waals surface area contributed by atoms with Crippen LogP contribution >= 0.6 is 12.2 Å². The molecular formula is C14H14N2O2S. The Bertz CT molecular complexity index is 640. The molecule has 2 rings (SSSR count). The average molecular weight is 274 g/mol. The number of fused-ring (bicyclic) bond motifs is 1. The zero-order valence-corrected chi connectivity index (χ0v) is 11.3.